The van der Waals surface area contributed by atoms with E-state index < -0.39 is 0 Å². The first kappa shape index (κ1) is 15.1. The molecule has 0 saturated heterocycles. The van der Waals surface area contributed by atoms with Crippen LogP contribution >= 0.6 is 0 Å². The van der Waals surface area contributed by atoms with Crippen LogP contribution in [0.4, 0.5) is 5.69 Å². The Morgan fingerprint density at radius 2 is 1.72 bits per heavy atom. The van der Waals surface area contributed by atoms with Crippen LogP contribution in [0.5, 0.6) is 0 Å². The molecule has 4 rings (SSSR count). The molecule has 0 bridgehead atoms. The first-order chi connectivity index (χ1) is 12.1. The number of hydrazone groups is 1. The highest BCUT2D eigenvalue weighted by Gasteiger charge is 2.28. The number of fused-ring (bicyclic) bond motifs is 1. The Balaban J connectivity index is 1.78. The van der Waals surface area contributed by atoms with Crippen LogP contribution in [0.1, 0.15) is 12.5 Å². The fourth-order valence-corrected chi connectivity index (χ4v) is 2.78. The van der Waals surface area contributed by atoms with Crippen LogP contribution in [0.2, 0.25) is 0 Å². The second-order valence-electron chi connectivity index (χ2n) is 5.71. The number of rotatable bonds is 2. The van der Waals surface area contributed by atoms with Crippen LogP contribution in [-0.2, 0) is 4.79 Å². The summed E-state index contributed by atoms with van der Waals surface area (Å²) in [5.74, 6) is -0.267. The van der Waals surface area contributed by atoms with Gasteiger partial charge in [-0.2, -0.15) is 10.1 Å². The molecule has 1 aliphatic rings. The lowest BCUT2D eigenvalue weighted by atomic mass is 10.1. The predicted octanol–water partition coefficient (Wildman–Crippen LogP) is 3.60. The van der Waals surface area contributed by atoms with Gasteiger partial charge in [0.05, 0.1) is 27.9 Å². The summed E-state index contributed by atoms with van der Waals surface area (Å²) in [4.78, 5) is 25.3. The molecular weight excluding hydrogens is 316 g/mol. The number of hydrogen-bond acceptors (Lipinski definition) is 4. The van der Waals surface area contributed by atoms with E-state index in [1.807, 2.05) is 30.3 Å². The second-order valence-corrected chi connectivity index (χ2v) is 5.71. The van der Waals surface area contributed by atoms with E-state index in [4.69, 9.17) is 4.42 Å². The zero-order chi connectivity index (χ0) is 17.4. The van der Waals surface area contributed by atoms with Gasteiger partial charge in [-0.1, -0.05) is 30.3 Å². The first-order valence-corrected chi connectivity index (χ1v) is 7.82. The Bertz CT molecular complexity index is 1090. The van der Waals surface area contributed by atoms with Gasteiger partial charge in [-0.25, -0.2) is 0 Å². The van der Waals surface area contributed by atoms with Gasteiger partial charge in [0.25, 0.3) is 5.91 Å². The van der Waals surface area contributed by atoms with Crippen LogP contribution in [0.3, 0.4) is 0 Å². The number of amides is 1. The monoisotopic (exact) mass is 330 g/mol. The highest BCUT2D eigenvalue weighted by atomic mass is 16.3. The van der Waals surface area contributed by atoms with Gasteiger partial charge in [0.15, 0.2) is 5.43 Å². The molecule has 122 valence electrons. The molecule has 0 unspecified atom stereocenters. The van der Waals surface area contributed by atoms with Crippen molar-refractivity contribution in [2.45, 2.75) is 6.92 Å². The number of para-hydroxylation sites is 2. The molecule has 0 fully saturated rings. The topological polar surface area (TPSA) is 62.9 Å². The third kappa shape index (κ3) is 2.55. The Hall–Kier alpha value is -3.47. The summed E-state index contributed by atoms with van der Waals surface area (Å²) >= 11 is 0. The number of benzene rings is 2. The highest BCUT2D eigenvalue weighted by Crippen LogP contribution is 2.24. The van der Waals surface area contributed by atoms with E-state index in [-0.39, 0.29) is 11.3 Å². The van der Waals surface area contributed by atoms with Crippen molar-refractivity contribution in [3.05, 3.63) is 82.2 Å². The maximum atomic E-state index is 12.7. The van der Waals surface area contributed by atoms with Gasteiger partial charge in [-0.3, -0.25) is 9.59 Å². The van der Waals surface area contributed by atoms with Crippen LogP contribution in [-0.4, -0.2) is 11.6 Å². The van der Waals surface area contributed by atoms with Crippen molar-refractivity contribution >= 4 is 34.4 Å². The lowest BCUT2D eigenvalue weighted by Crippen LogP contribution is -2.21. The molecule has 0 spiro atoms. The van der Waals surface area contributed by atoms with Gasteiger partial charge in [-0.15, -0.1) is 0 Å². The Labute approximate surface area is 143 Å². The van der Waals surface area contributed by atoms with Crippen molar-refractivity contribution in [2.24, 2.45) is 5.10 Å². The van der Waals surface area contributed by atoms with E-state index in [1.54, 1.807) is 37.3 Å². The predicted molar refractivity (Wildman–Crippen MR) is 97.5 cm³/mol. The molecule has 2 heterocycles. The van der Waals surface area contributed by atoms with Crippen LogP contribution in [0, 0.1) is 0 Å². The first-order valence-electron chi connectivity index (χ1n) is 7.82. The molecule has 0 aliphatic carbocycles. The summed E-state index contributed by atoms with van der Waals surface area (Å²) in [5, 5.41) is 6.13. The molecule has 5 nitrogen and oxygen atoms in total. The molecule has 1 aromatic heterocycles. The van der Waals surface area contributed by atoms with Crippen LogP contribution in [0.25, 0.3) is 17.0 Å². The van der Waals surface area contributed by atoms with Gasteiger partial charge in [0.2, 0.25) is 0 Å². The SMILES string of the molecule is CC1=NN(c2ccccc2)C(=O)C1=Cc1coc2ccccc2c1=O. The Morgan fingerprint density at radius 3 is 2.52 bits per heavy atom. The van der Waals surface area contributed by atoms with Gasteiger partial charge >= 0.3 is 0 Å². The highest BCUT2D eigenvalue weighted by molar-refractivity contribution is 6.32. The Kier molecular flexibility index (Phi) is 3.54. The molecule has 1 aliphatic heterocycles. The zero-order valence-electron chi connectivity index (χ0n) is 13.5. The van der Waals surface area contributed by atoms with Gasteiger partial charge in [0, 0.05) is 0 Å². The fraction of sp³-hybridized carbons (Fsp3) is 0.0500. The van der Waals surface area contributed by atoms with Crippen molar-refractivity contribution < 1.29 is 9.21 Å². The standard InChI is InChI=1S/C20H14N2O3/c1-13-17(20(24)22(21-13)15-7-3-2-4-8-15)11-14-12-25-18-10-6-5-9-16(18)19(14)23/h2-12H,1H3. The third-order valence-corrected chi connectivity index (χ3v) is 4.07. The zero-order valence-corrected chi connectivity index (χ0v) is 13.5. The summed E-state index contributed by atoms with van der Waals surface area (Å²) in [7, 11) is 0. The minimum atomic E-state index is -0.267. The second kappa shape index (κ2) is 5.87. The average Bonchev–Trinajstić information content (AvgIpc) is 2.93. The minimum absolute atomic E-state index is 0.173. The average molecular weight is 330 g/mol. The maximum Gasteiger partial charge on any atom is 0.280 e. The van der Waals surface area contributed by atoms with Crippen molar-refractivity contribution in [1.82, 2.24) is 0 Å². The lowest BCUT2D eigenvalue weighted by molar-refractivity contribution is -0.114. The number of carbonyl (C=O) groups excluding carboxylic acids is 1. The third-order valence-electron chi connectivity index (χ3n) is 4.07. The molecular formula is C20H14N2O3. The fourth-order valence-electron chi connectivity index (χ4n) is 2.78. The quantitative estimate of drug-likeness (QED) is 0.675. The van der Waals surface area contributed by atoms with E-state index in [0.717, 1.165) is 0 Å². The summed E-state index contributed by atoms with van der Waals surface area (Å²) in [6.07, 6.45) is 2.92. The molecule has 3 aromatic rings. The molecule has 0 N–H and O–H groups in total. The van der Waals surface area contributed by atoms with E-state index >= 15 is 0 Å². The molecule has 0 radical (unpaired) electrons. The van der Waals surface area contributed by atoms with E-state index in [2.05, 4.69) is 5.10 Å². The van der Waals surface area contributed by atoms with E-state index in [1.165, 1.54) is 11.3 Å². The van der Waals surface area contributed by atoms with Gasteiger partial charge in [0.1, 0.15) is 11.8 Å². The molecule has 0 atom stereocenters. The van der Waals surface area contributed by atoms with Crippen LogP contribution in [0.15, 0.2) is 80.7 Å². The van der Waals surface area contributed by atoms with E-state index in [9.17, 15) is 9.59 Å². The summed E-state index contributed by atoms with van der Waals surface area (Å²) in [6.45, 7) is 1.75. The number of hydrogen-bond donors (Lipinski definition) is 0. The summed E-state index contributed by atoms with van der Waals surface area (Å²) in [5.41, 5.74) is 2.29. The van der Waals surface area contributed by atoms with Crippen LogP contribution < -0.4 is 10.4 Å². The number of anilines is 1. The lowest BCUT2D eigenvalue weighted by Gasteiger charge is -2.10. The normalized spacial score (nSPS) is 15.9. The summed E-state index contributed by atoms with van der Waals surface area (Å²) in [6, 6.07) is 16.2. The van der Waals surface area contributed by atoms with Crippen molar-refractivity contribution in [1.29, 1.82) is 0 Å². The molecule has 25 heavy (non-hydrogen) atoms. The van der Waals surface area contributed by atoms with E-state index in [0.29, 0.717) is 33.5 Å². The van der Waals surface area contributed by atoms with Crippen molar-refractivity contribution in [3.63, 3.8) is 0 Å². The number of nitrogens with zero attached hydrogens (tertiary/aromatic N) is 2. The van der Waals surface area contributed by atoms with Gasteiger partial charge < -0.3 is 4.42 Å². The molecule has 1 amide bonds. The Morgan fingerprint density at radius 1 is 1.00 bits per heavy atom. The van der Waals surface area contributed by atoms with Crippen molar-refractivity contribution in [2.75, 3.05) is 5.01 Å². The molecule has 0 saturated carbocycles. The molecule has 5 heteroatoms. The minimum Gasteiger partial charge on any atom is -0.463 e. The van der Waals surface area contributed by atoms with Crippen molar-refractivity contribution in [3.8, 4) is 0 Å². The molecule has 2 aromatic carbocycles. The maximum absolute atomic E-state index is 12.7. The van der Waals surface area contributed by atoms with Gasteiger partial charge in [-0.05, 0) is 37.3 Å². The smallest absolute Gasteiger partial charge is 0.280 e. The summed E-state index contributed by atoms with van der Waals surface area (Å²) < 4.78 is 5.51. The largest absolute Gasteiger partial charge is 0.463 e. The number of carbonyl (C=O) groups is 1.